The van der Waals surface area contributed by atoms with Gasteiger partial charge in [0.1, 0.15) is 17.1 Å². The maximum Gasteiger partial charge on any atom is 0.225 e. The number of rotatable bonds is 6. The van der Waals surface area contributed by atoms with Crippen molar-refractivity contribution in [1.29, 1.82) is 0 Å². The molecule has 1 fully saturated rings. The van der Waals surface area contributed by atoms with Crippen LogP contribution in [0.5, 0.6) is 5.75 Å². The zero-order chi connectivity index (χ0) is 29.6. The third-order valence-corrected chi connectivity index (χ3v) is 7.51. The number of nitrogens with zero attached hydrogens (tertiary/aromatic N) is 1. The van der Waals surface area contributed by atoms with E-state index in [2.05, 4.69) is 11.8 Å². The van der Waals surface area contributed by atoms with Crippen LogP contribution in [0.15, 0.2) is 35.9 Å². The summed E-state index contributed by atoms with van der Waals surface area (Å²) in [6.45, 7) is -0.526. The average Bonchev–Trinajstić information content (AvgIpc) is 2.86. The predicted octanol–water partition coefficient (Wildman–Crippen LogP) is 0.144. The molecule has 0 aromatic heterocycles. The predicted molar refractivity (Wildman–Crippen MR) is 146 cm³/mol. The van der Waals surface area contributed by atoms with E-state index in [0.29, 0.717) is 22.5 Å². The summed E-state index contributed by atoms with van der Waals surface area (Å²) in [5.41, 5.74) is 7.18. The van der Waals surface area contributed by atoms with E-state index in [-0.39, 0.29) is 24.0 Å². The van der Waals surface area contributed by atoms with Crippen LogP contribution in [0.2, 0.25) is 0 Å². The van der Waals surface area contributed by atoms with Crippen molar-refractivity contribution >= 4 is 34.6 Å². The van der Waals surface area contributed by atoms with Crippen LogP contribution in [-0.2, 0) is 20.8 Å². The molecule has 210 valence electrons. The number of hydrogen-bond acceptors (Lipinski definition) is 10. The van der Waals surface area contributed by atoms with Crippen molar-refractivity contribution in [3.8, 4) is 17.6 Å². The van der Waals surface area contributed by atoms with E-state index in [1.165, 1.54) is 0 Å². The fraction of sp³-hybridized carbons (Fsp3) is 0.345. The lowest BCUT2D eigenvalue weighted by molar-refractivity contribution is -0.165. The molecule has 1 unspecified atom stereocenters. The molecule has 0 radical (unpaired) electrons. The molecular formula is C29H31N3O8. The highest BCUT2D eigenvalue weighted by molar-refractivity contribution is 6.24. The van der Waals surface area contributed by atoms with E-state index < -0.39 is 71.1 Å². The van der Waals surface area contributed by atoms with Crippen LogP contribution in [-0.4, -0.2) is 74.9 Å². The number of benzene rings is 2. The van der Waals surface area contributed by atoms with Crippen molar-refractivity contribution in [3.05, 3.63) is 58.2 Å². The Morgan fingerprint density at radius 3 is 2.35 bits per heavy atom. The molecule has 2 aromatic carbocycles. The van der Waals surface area contributed by atoms with Gasteiger partial charge in [-0.2, -0.15) is 0 Å². The van der Waals surface area contributed by atoms with Gasteiger partial charge in [0.2, 0.25) is 11.7 Å². The van der Waals surface area contributed by atoms with Gasteiger partial charge in [0.25, 0.3) is 0 Å². The van der Waals surface area contributed by atoms with E-state index in [1.807, 2.05) is 0 Å². The van der Waals surface area contributed by atoms with Crippen molar-refractivity contribution < 1.29 is 39.9 Å². The molecule has 9 N–H and O–H groups in total. The topological polar surface area (TPSA) is 208 Å². The lowest BCUT2D eigenvalue weighted by atomic mass is 9.59. The Balaban J connectivity index is 1.94. The van der Waals surface area contributed by atoms with Gasteiger partial charge >= 0.3 is 0 Å². The van der Waals surface area contributed by atoms with Gasteiger partial charge in [-0.15, -0.1) is 0 Å². The third-order valence-electron chi connectivity index (χ3n) is 7.51. The third kappa shape index (κ3) is 4.66. The Bertz CT molecular complexity index is 1500. The Morgan fingerprint density at radius 1 is 1.12 bits per heavy atom. The van der Waals surface area contributed by atoms with Crippen LogP contribution in [0.4, 0.5) is 11.4 Å². The molecule has 11 heteroatoms. The van der Waals surface area contributed by atoms with Crippen LogP contribution < -0.4 is 16.4 Å². The number of hydrogen-bond donors (Lipinski definition) is 7. The molecule has 40 heavy (non-hydrogen) atoms. The number of carbonyl (C=O) groups excluding carboxylic acids is 3. The second-order valence-electron chi connectivity index (χ2n) is 10.4. The summed E-state index contributed by atoms with van der Waals surface area (Å²) in [7, 11) is 3.43. The standard InChI is InChI=1S/C29H31N3O8/c1-32(2)20-11-16(6-3-15-4-7-18(30)8-5-15)25(36)23-19(20)14-28(39)13-17(9-10-33)29(40,21(34)12-22(31)35)27(38)24(28)26(23)37/h4-5,7-8,11,17,33,36-37,39-40H,9-10,12-14,30H2,1-2H3,(H2,31,35)/t17-,28?,29-/m1/s1. The number of aliphatic hydroxyl groups excluding tert-OH is 2. The number of primary amides is 1. The lowest BCUT2D eigenvalue weighted by Crippen LogP contribution is -2.63. The Morgan fingerprint density at radius 2 is 1.77 bits per heavy atom. The van der Waals surface area contributed by atoms with Gasteiger partial charge in [-0.25, -0.2) is 0 Å². The molecule has 2 aromatic rings. The number of fused-ring (bicyclic) bond motifs is 2. The maximum atomic E-state index is 13.8. The summed E-state index contributed by atoms with van der Waals surface area (Å²) in [5, 5.41) is 55.4. The van der Waals surface area contributed by atoms with Gasteiger partial charge in [0.15, 0.2) is 11.4 Å². The van der Waals surface area contributed by atoms with Crippen LogP contribution in [0.3, 0.4) is 0 Å². The van der Waals surface area contributed by atoms with Gasteiger partial charge in [0.05, 0.1) is 23.1 Å². The van der Waals surface area contributed by atoms with Crippen LogP contribution in [0.1, 0.15) is 41.5 Å². The molecule has 0 saturated heterocycles. The van der Waals surface area contributed by atoms with E-state index in [1.54, 1.807) is 49.3 Å². The summed E-state index contributed by atoms with van der Waals surface area (Å²) in [5.74, 6) is -0.416. The van der Waals surface area contributed by atoms with Crippen molar-refractivity contribution in [1.82, 2.24) is 0 Å². The molecule has 4 rings (SSSR count). The first-order valence-corrected chi connectivity index (χ1v) is 12.5. The number of aliphatic hydroxyl groups is 4. The number of Topliss-reactive ketones (excluding diaryl/α,β-unsaturated/α-hetero) is 2. The number of nitrogens with two attached hydrogens (primary N) is 2. The molecule has 0 aliphatic heterocycles. The molecule has 0 heterocycles. The number of ketones is 2. The maximum absolute atomic E-state index is 13.8. The minimum atomic E-state index is -2.84. The summed E-state index contributed by atoms with van der Waals surface area (Å²) in [6.07, 6.45) is -1.87. The number of phenolic OH excluding ortho intramolecular Hbond substituents is 1. The Labute approximate surface area is 230 Å². The van der Waals surface area contributed by atoms with E-state index in [0.717, 1.165) is 0 Å². The zero-order valence-electron chi connectivity index (χ0n) is 22.1. The smallest absolute Gasteiger partial charge is 0.225 e. The molecule has 2 aliphatic carbocycles. The molecule has 0 spiro atoms. The van der Waals surface area contributed by atoms with E-state index in [9.17, 15) is 39.9 Å². The van der Waals surface area contributed by atoms with Gasteiger partial charge in [-0.3, -0.25) is 14.4 Å². The minimum Gasteiger partial charge on any atom is -0.507 e. The van der Waals surface area contributed by atoms with Gasteiger partial charge in [0, 0.05) is 50.0 Å². The summed E-state index contributed by atoms with van der Waals surface area (Å²) in [4.78, 5) is 39.9. The highest BCUT2D eigenvalue weighted by atomic mass is 16.3. The SMILES string of the molecule is CN(C)c1cc(C#Cc2ccc(N)cc2)c(O)c2c1CC1(O)C[C@@H](CCO)[C@@](O)(C(=O)CC(N)=O)C(=O)C1=C2O. The minimum absolute atomic E-state index is 0.110. The van der Waals surface area contributed by atoms with Gasteiger partial charge in [-0.05, 0) is 48.7 Å². The van der Waals surface area contributed by atoms with Gasteiger partial charge in [-0.1, -0.05) is 11.8 Å². The van der Waals surface area contributed by atoms with Crippen LogP contribution in [0.25, 0.3) is 5.76 Å². The van der Waals surface area contributed by atoms with Crippen molar-refractivity contribution in [2.45, 2.75) is 36.9 Å². The largest absolute Gasteiger partial charge is 0.507 e. The van der Waals surface area contributed by atoms with E-state index >= 15 is 0 Å². The second kappa shape index (κ2) is 10.3. The number of phenols is 1. The Kier molecular flexibility index (Phi) is 7.38. The van der Waals surface area contributed by atoms with Crippen LogP contribution >= 0.6 is 0 Å². The second-order valence-corrected chi connectivity index (χ2v) is 10.4. The molecule has 2 aliphatic rings. The molecule has 1 saturated carbocycles. The summed E-state index contributed by atoms with van der Waals surface area (Å²) >= 11 is 0. The van der Waals surface area contributed by atoms with Crippen molar-refractivity contribution in [3.63, 3.8) is 0 Å². The highest BCUT2D eigenvalue weighted by Crippen LogP contribution is 2.52. The molecule has 1 amide bonds. The fourth-order valence-corrected chi connectivity index (χ4v) is 5.60. The number of amides is 1. The molecular weight excluding hydrogens is 518 g/mol. The molecule has 11 nitrogen and oxygen atoms in total. The summed E-state index contributed by atoms with van der Waals surface area (Å²) < 4.78 is 0. The number of nitrogen functional groups attached to an aromatic ring is 1. The monoisotopic (exact) mass is 549 g/mol. The van der Waals surface area contributed by atoms with Gasteiger partial charge < -0.3 is 41.9 Å². The van der Waals surface area contributed by atoms with Crippen molar-refractivity contribution in [2.24, 2.45) is 11.7 Å². The normalized spacial score (nSPS) is 23.5. The summed E-state index contributed by atoms with van der Waals surface area (Å²) in [6, 6.07) is 8.30. The molecule has 3 atom stereocenters. The first-order valence-electron chi connectivity index (χ1n) is 12.5. The fourth-order valence-electron chi connectivity index (χ4n) is 5.60. The number of anilines is 2. The highest BCUT2D eigenvalue weighted by Gasteiger charge is 2.62. The first kappa shape index (κ1) is 28.6. The Hall–Kier alpha value is -4.37. The number of carbonyl (C=O) groups is 3. The van der Waals surface area contributed by atoms with Crippen molar-refractivity contribution in [2.75, 3.05) is 31.3 Å². The lowest BCUT2D eigenvalue weighted by Gasteiger charge is -2.48. The zero-order valence-corrected chi connectivity index (χ0v) is 22.1. The molecule has 0 bridgehead atoms. The first-order chi connectivity index (χ1) is 18.7. The van der Waals surface area contributed by atoms with E-state index in [4.69, 9.17) is 11.5 Å². The quantitative estimate of drug-likeness (QED) is 0.147. The average molecular weight is 550 g/mol. The number of aromatic hydroxyl groups is 1. The van der Waals surface area contributed by atoms with Crippen LogP contribution in [0, 0.1) is 17.8 Å².